The molecule has 10 heteroatoms. The molecular formula is C28H39N3O6S. The zero-order chi connectivity index (χ0) is 25.4. The van der Waals surface area contributed by atoms with Crippen LogP contribution in [0.1, 0.15) is 57.9 Å². The molecule has 0 aromatic heterocycles. The predicted molar refractivity (Wildman–Crippen MR) is 154 cm³/mol. The maximum atomic E-state index is 11.1. The second-order valence-electron chi connectivity index (χ2n) is 7.54. The van der Waals surface area contributed by atoms with Crippen molar-refractivity contribution in [3.63, 3.8) is 0 Å². The smallest absolute Gasteiger partial charge is 0.446 e. The molecule has 0 fully saturated rings. The lowest BCUT2D eigenvalue weighted by Gasteiger charge is -2.18. The third-order valence-corrected chi connectivity index (χ3v) is 5.57. The fraction of sp³-hybridized carbons (Fsp3) is 0.286. The van der Waals surface area contributed by atoms with E-state index in [2.05, 4.69) is 19.7 Å². The van der Waals surface area contributed by atoms with Crippen molar-refractivity contribution in [2.75, 3.05) is 13.7 Å². The lowest BCUT2D eigenvalue weighted by Crippen LogP contribution is -2.06. The van der Waals surface area contributed by atoms with E-state index in [-0.39, 0.29) is 40.4 Å². The fourth-order valence-electron chi connectivity index (χ4n) is 3.63. The first-order valence-electron chi connectivity index (χ1n) is 10.8. The molecule has 0 saturated carbocycles. The fourth-order valence-corrected chi connectivity index (χ4v) is 3.98. The molecule has 4 N–H and O–H groups in total. The molecule has 0 spiro atoms. The minimum absolute atomic E-state index is 0. The number of nitrogens with one attached hydrogen (secondary N) is 1. The number of hydrogen-bond donors (Lipinski definition) is 4. The van der Waals surface area contributed by atoms with E-state index in [0.717, 1.165) is 27.8 Å². The van der Waals surface area contributed by atoms with E-state index in [9.17, 15) is 18.6 Å². The molecule has 0 bridgehead atoms. The summed E-state index contributed by atoms with van der Waals surface area (Å²) in [5.74, 6) is 0.118. The Bertz CT molecular complexity index is 1320. The van der Waals surface area contributed by atoms with Gasteiger partial charge in [-0.15, -0.1) is 0 Å². The van der Waals surface area contributed by atoms with Gasteiger partial charge in [0.25, 0.3) is 0 Å². The Labute approximate surface area is 226 Å². The molecule has 3 aromatic rings. The number of allylic oxidation sites excluding steroid dienone is 1. The van der Waals surface area contributed by atoms with E-state index < -0.39 is 10.4 Å². The number of azo groups is 1. The Morgan fingerprint density at radius 2 is 1.50 bits per heavy atom. The van der Waals surface area contributed by atoms with Crippen molar-refractivity contribution in [1.29, 1.82) is 0 Å². The largest absolute Gasteiger partial charge is 0.508 e. The van der Waals surface area contributed by atoms with Crippen LogP contribution in [0, 0.1) is 0 Å². The molecule has 0 aliphatic heterocycles. The minimum Gasteiger partial charge on any atom is -0.508 e. The van der Waals surface area contributed by atoms with Gasteiger partial charge < -0.3 is 14.4 Å². The Kier molecular flexibility index (Phi) is 14.2. The lowest BCUT2D eigenvalue weighted by molar-refractivity contribution is 0.282. The number of aliphatic hydroxyl groups excluding tert-OH is 1. The summed E-state index contributed by atoms with van der Waals surface area (Å²) in [6, 6.07) is 18.6. The first kappa shape index (κ1) is 34.4. The Balaban J connectivity index is 0.00000456. The third kappa shape index (κ3) is 9.07. The maximum Gasteiger partial charge on any atom is 0.446 e. The van der Waals surface area contributed by atoms with Crippen molar-refractivity contribution < 1.29 is 27.4 Å². The predicted octanol–water partition coefficient (Wildman–Crippen LogP) is 6.60. The standard InChI is InChI=1S/C25H27N3O6S.3CH4/c1-3-23(17-6-10-21(30)11-7-17)25(18-8-12-22(13-9-18)34-35(31,32)33)19-4-5-20(15-29)24(14-19)28-27-16-26-2;;;/h4-14,26,29-30H,3,15-16H2,1-2H3,(H,31,32,33);3*1H4/b25-23+,28-27?;;;. The van der Waals surface area contributed by atoms with Gasteiger partial charge in [0.05, 0.1) is 12.3 Å². The van der Waals surface area contributed by atoms with E-state index in [1.165, 1.54) is 12.1 Å². The van der Waals surface area contributed by atoms with Crippen LogP contribution in [-0.2, 0) is 17.0 Å². The molecule has 0 radical (unpaired) electrons. The summed E-state index contributed by atoms with van der Waals surface area (Å²) in [5, 5.41) is 30.8. The Morgan fingerprint density at radius 1 is 0.921 bits per heavy atom. The van der Waals surface area contributed by atoms with Gasteiger partial charge in [-0.2, -0.15) is 18.6 Å². The van der Waals surface area contributed by atoms with E-state index in [0.29, 0.717) is 24.3 Å². The van der Waals surface area contributed by atoms with Gasteiger partial charge in [0, 0.05) is 5.56 Å². The van der Waals surface area contributed by atoms with Crippen molar-refractivity contribution in [2.45, 2.75) is 42.2 Å². The van der Waals surface area contributed by atoms with Crippen LogP contribution in [0.2, 0.25) is 0 Å². The van der Waals surface area contributed by atoms with Crippen molar-refractivity contribution in [3.8, 4) is 11.5 Å². The highest BCUT2D eigenvalue weighted by Crippen LogP contribution is 2.37. The molecule has 38 heavy (non-hydrogen) atoms. The van der Waals surface area contributed by atoms with Crippen LogP contribution in [-0.4, -0.2) is 36.9 Å². The number of hydrogen-bond acceptors (Lipinski definition) is 8. The van der Waals surface area contributed by atoms with Gasteiger partial charge in [0.15, 0.2) is 0 Å². The highest BCUT2D eigenvalue weighted by Gasteiger charge is 2.16. The first-order chi connectivity index (χ1) is 16.8. The molecule has 208 valence electrons. The van der Waals surface area contributed by atoms with Crippen molar-refractivity contribution in [1.82, 2.24) is 5.32 Å². The average Bonchev–Trinajstić information content (AvgIpc) is 2.83. The number of benzene rings is 3. The van der Waals surface area contributed by atoms with Gasteiger partial charge in [0.1, 0.15) is 18.2 Å². The number of phenols is 1. The SMILES string of the molecule is C.C.C.CC/C(=C(/c1ccc(OS(=O)(=O)O)cc1)c1ccc(CO)c(N=NCNC)c1)c1ccc(O)cc1. The quantitative estimate of drug-likeness (QED) is 0.128. The number of rotatable bonds is 10. The number of aliphatic hydroxyl groups is 1. The van der Waals surface area contributed by atoms with Crippen molar-refractivity contribution in [2.24, 2.45) is 10.2 Å². The highest BCUT2D eigenvalue weighted by molar-refractivity contribution is 7.81. The molecule has 0 amide bonds. The molecule has 3 rings (SSSR count). The summed E-state index contributed by atoms with van der Waals surface area (Å²) in [6.07, 6.45) is 0.641. The molecule has 0 aliphatic rings. The van der Waals surface area contributed by atoms with Crippen LogP contribution >= 0.6 is 0 Å². The molecule has 0 heterocycles. The molecule has 0 unspecified atom stereocenters. The van der Waals surface area contributed by atoms with Gasteiger partial charge in [-0.3, -0.25) is 9.87 Å². The van der Waals surface area contributed by atoms with Crippen LogP contribution in [0.15, 0.2) is 77.0 Å². The zero-order valence-electron chi connectivity index (χ0n) is 19.3. The highest BCUT2D eigenvalue weighted by atomic mass is 32.3. The normalized spacial score (nSPS) is 11.6. The summed E-state index contributed by atoms with van der Waals surface area (Å²) in [4.78, 5) is 0. The summed E-state index contributed by atoms with van der Waals surface area (Å²) < 4.78 is 35.7. The van der Waals surface area contributed by atoms with Gasteiger partial charge in [0.2, 0.25) is 0 Å². The van der Waals surface area contributed by atoms with Gasteiger partial charge in [-0.05, 0) is 71.6 Å². The second kappa shape index (κ2) is 15.6. The molecule has 3 aromatic carbocycles. The minimum atomic E-state index is -4.64. The molecule has 9 nitrogen and oxygen atoms in total. The molecule has 0 saturated heterocycles. The van der Waals surface area contributed by atoms with Gasteiger partial charge >= 0.3 is 10.4 Å². The number of phenolic OH excluding ortho intramolecular Hbond substituents is 1. The van der Waals surface area contributed by atoms with Gasteiger partial charge in [-0.1, -0.05) is 65.6 Å². The second-order valence-corrected chi connectivity index (χ2v) is 8.57. The van der Waals surface area contributed by atoms with Crippen molar-refractivity contribution >= 4 is 27.2 Å². The zero-order valence-corrected chi connectivity index (χ0v) is 20.2. The Morgan fingerprint density at radius 3 is 2.03 bits per heavy atom. The van der Waals surface area contributed by atoms with E-state index >= 15 is 0 Å². The average molecular weight is 546 g/mol. The molecule has 0 aliphatic carbocycles. The monoisotopic (exact) mass is 545 g/mol. The summed E-state index contributed by atoms with van der Waals surface area (Å²) in [5.41, 5.74) is 5.39. The van der Waals surface area contributed by atoms with Gasteiger partial charge in [-0.25, -0.2) is 0 Å². The molecular weight excluding hydrogens is 506 g/mol. The van der Waals surface area contributed by atoms with Crippen LogP contribution < -0.4 is 9.50 Å². The lowest BCUT2D eigenvalue weighted by atomic mass is 9.87. The van der Waals surface area contributed by atoms with E-state index in [1.807, 2.05) is 31.2 Å². The number of aromatic hydroxyl groups is 1. The summed E-state index contributed by atoms with van der Waals surface area (Å²) in [7, 11) is -2.89. The topological polar surface area (TPSA) is 141 Å². The Hall–Kier alpha value is -3.57. The van der Waals surface area contributed by atoms with Crippen LogP contribution in [0.5, 0.6) is 11.5 Å². The summed E-state index contributed by atoms with van der Waals surface area (Å²) in [6.45, 7) is 2.13. The van der Waals surface area contributed by atoms with Crippen LogP contribution in [0.4, 0.5) is 5.69 Å². The van der Waals surface area contributed by atoms with Crippen LogP contribution in [0.25, 0.3) is 11.1 Å². The van der Waals surface area contributed by atoms with Crippen molar-refractivity contribution in [3.05, 3.63) is 89.0 Å². The van der Waals surface area contributed by atoms with E-state index in [4.69, 9.17) is 4.55 Å². The third-order valence-electron chi connectivity index (χ3n) is 5.17. The molecule has 0 atom stereocenters. The maximum absolute atomic E-state index is 11.1. The van der Waals surface area contributed by atoms with E-state index in [1.54, 1.807) is 37.4 Å². The number of nitrogens with zero attached hydrogens (tertiary/aromatic N) is 2. The summed E-state index contributed by atoms with van der Waals surface area (Å²) >= 11 is 0. The van der Waals surface area contributed by atoms with Crippen LogP contribution in [0.3, 0.4) is 0 Å². The first-order valence-corrected chi connectivity index (χ1v) is 12.2.